The van der Waals surface area contributed by atoms with Gasteiger partial charge in [-0.15, -0.1) is 13.2 Å². The quantitative estimate of drug-likeness (QED) is 0.716. The van der Waals surface area contributed by atoms with Crippen molar-refractivity contribution in [3.05, 3.63) is 24.3 Å². The Bertz CT molecular complexity index is 656. The van der Waals surface area contributed by atoms with Crippen LogP contribution in [0.3, 0.4) is 0 Å². The highest BCUT2D eigenvalue weighted by atomic mass is 32.2. The van der Waals surface area contributed by atoms with Crippen LogP contribution in [0.15, 0.2) is 29.2 Å². The van der Waals surface area contributed by atoms with Crippen molar-refractivity contribution >= 4 is 10.0 Å². The maximum atomic E-state index is 12.5. The summed E-state index contributed by atoms with van der Waals surface area (Å²) in [5.41, 5.74) is 0. The molecule has 0 saturated heterocycles. The van der Waals surface area contributed by atoms with Crippen LogP contribution < -0.4 is 4.74 Å². The highest BCUT2D eigenvalue weighted by Gasteiger charge is 2.32. The van der Waals surface area contributed by atoms with Gasteiger partial charge in [-0.05, 0) is 12.1 Å². The summed E-state index contributed by atoms with van der Waals surface area (Å²) < 4.78 is 71.2. The molecule has 0 aromatic heterocycles. The lowest BCUT2D eigenvalue weighted by Crippen LogP contribution is -2.34. The fourth-order valence-corrected chi connectivity index (χ4v) is 3.16. The second-order valence-electron chi connectivity index (χ2n) is 4.33. The Kier molecular flexibility index (Phi) is 6.80. The van der Waals surface area contributed by atoms with E-state index in [0.29, 0.717) is 0 Å². The number of halogens is 3. The second-order valence-corrected chi connectivity index (χ2v) is 6.27. The van der Waals surface area contributed by atoms with E-state index in [1.807, 2.05) is 6.07 Å². The second kappa shape index (κ2) is 8.14. The Labute approximate surface area is 132 Å². The molecule has 0 spiro atoms. The molecule has 1 rings (SSSR count). The summed E-state index contributed by atoms with van der Waals surface area (Å²) in [6.07, 6.45) is -4.97. The van der Waals surface area contributed by atoms with Crippen LogP contribution in [0.2, 0.25) is 0 Å². The zero-order valence-corrected chi connectivity index (χ0v) is 13.0. The largest absolute Gasteiger partial charge is 0.573 e. The van der Waals surface area contributed by atoms with Crippen LogP contribution in [0, 0.1) is 11.3 Å². The van der Waals surface area contributed by atoms with Gasteiger partial charge in [0.25, 0.3) is 0 Å². The van der Waals surface area contributed by atoms with Gasteiger partial charge in [0.2, 0.25) is 10.0 Å². The van der Waals surface area contributed by atoms with Gasteiger partial charge >= 0.3 is 6.36 Å². The highest BCUT2D eigenvalue weighted by molar-refractivity contribution is 7.89. The standard InChI is InChI=1S/C13H15F3N2O4S/c1-21-9-8-18(7-3-6-17)23(19,20)12-5-2-4-11(10-12)22-13(14,15)16/h2,4-5,10H,3,7-9H2,1H3. The number of sulfonamides is 1. The maximum absolute atomic E-state index is 12.5. The summed E-state index contributed by atoms with van der Waals surface area (Å²) in [7, 11) is -2.69. The number of hydrogen-bond acceptors (Lipinski definition) is 5. The zero-order valence-electron chi connectivity index (χ0n) is 12.2. The molecule has 0 unspecified atom stereocenters. The van der Waals surface area contributed by atoms with Crippen molar-refractivity contribution < 1.29 is 31.1 Å². The third-order valence-electron chi connectivity index (χ3n) is 2.69. The van der Waals surface area contributed by atoms with E-state index in [2.05, 4.69) is 4.74 Å². The van der Waals surface area contributed by atoms with Gasteiger partial charge in [-0.2, -0.15) is 9.57 Å². The first-order valence-corrected chi connectivity index (χ1v) is 7.86. The molecular weight excluding hydrogens is 337 g/mol. The van der Waals surface area contributed by atoms with Gasteiger partial charge in [0, 0.05) is 32.7 Å². The smallest absolute Gasteiger partial charge is 0.406 e. The topological polar surface area (TPSA) is 79.6 Å². The molecule has 6 nitrogen and oxygen atoms in total. The maximum Gasteiger partial charge on any atom is 0.573 e. The van der Waals surface area contributed by atoms with Crippen LogP contribution in [0.25, 0.3) is 0 Å². The van der Waals surface area contributed by atoms with Gasteiger partial charge in [-0.25, -0.2) is 8.42 Å². The van der Waals surface area contributed by atoms with Crippen molar-refractivity contribution in [1.29, 1.82) is 5.26 Å². The van der Waals surface area contributed by atoms with Gasteiger partial charge in [-0.3, -0.25) is 0 Å². The van der Waals surface area contributed by atoms with E-state index < -0.39 is 22.1 Å². The zero-order chi connectivity index (χ0) is 17.5. The monoisotopic (exact) mass is 352 g/mol. The number of benzene rings is 1. The van der Waals surface area contributed by atoms with Crippen molar-refractivity contribution in [2.24, 2.45) is 0 Å². The Hall–Kier alpha value is -1.83. The molecule has 1 aromatic rings. The third-order valence-corrected chi connectivity index (χ3v) is 4.59. The van der Waals surface area contributed by atoms with Crippen LogP contribution in [0.5, 0.6) is 5.75 Å². The Morgan fingerprint density at radius 1 is 1.30 bits per heavy atom. The lowest BCUT2D eigenvalue weighted by Gasteiger charge is -2.21. The molecule has 0 heterocycles. The third kappa shape index (κ3) is 6.05. The average Bonchev–Trinajstić information content (AvgIpc) is 2.45. The first-order valence-electron chi connectivity index (χ1n) is 6.42. The van der Waals surface area contributed by atoms with Crippen LogP contribution in [-0.4, -0.2) is 45.9 Å². The lowest BCUT2D eigenvalue weighted by molar-refractivity contribution is -0.274. The SMILES string of the molecule is COCCN(CCC#N)S(=O)(=O)c1cccc(OC(F)(F)F)c1. The fraction of sp³-hybridized carbons (Fsp3) is 0.462. The molecule has 128 valence electrons. The van der Waals surface area contributed by atoms with Gasteiger partial charge < -0.3 is 9.47 Å². The van der Waals surface area contributed by atoms with Crippen molar-refractivity contribution in [2.45, 2.75) is 17.7 Å². The summed E-state index contributed by atoms with van der Waals surface area (Å²) in [5.74, 6) is -0.634. The normalized spacial score (nSPS) is 12.2. The van der Waals surface area contributed by atoms with Crippen molar-refractivity contribution in [3.8, 4) is 11.8 Å². The number of nitriles is 1. The molecule has 0 radical (unpaired) electrons. The van der Waals surface area contributed by atoms with Gasteiger partial charge in [0.15, 0.2) is 0 Å². The van der Waals surface area contributed by atoms with E-state index in [9.17, 15) is 21.6 Å². The molecule has 23 heavy (non-hydrogen) atoms. The first-order chi connectivity index (χ1) is 10.7. The predicted octanol–water partition coefficient (Wildman–Crippen LogP) is 2.14. The Balaban J connectivity index is 3.08. The van der Waals surface area contributed by atoms with Crippen LogP contribution in [0.1, 0.15) is 6.42 Å². The van der Waals surface area contributed by atoms with E-state index in [-0.39, 0.29) is 31.0 Å². The van der Waals surface area contributed by atoms with Crippen molar-refractivity contribution in [1.82, 2.24) is 4.31 Å². The van der Waals surface area contributed by atoms with Gasteiger partial charge in [0.1, 0.15) is 5.75 Å². The molecule has 0 saturated carbocycles. The molecule has 0 amide bonds. The minimum atomic E-state index is -4.92. The van der Waals surface area contributed by atoms with Gasteiger partial charge in [0.05, 0.1) is 17.6 Å². The van der Waals surface area contributed by atoms with Gasteiger partial charge in [-0.1, -0.05) is 6.07 Å². The highest BCUT2D eigenvalue weighted by Crippen LogP contribution is 2.26. The van der Waals surface area contributed by atoms with Crippen LogP contribution in [0.4, 0.5) is 13.2 Å². The molecule has 10 heteroatoms. The Morgan fingerprint density at radius 2 is 2.00 bits per heavy atom. The lowest BCUT2D eigenvalue weighted by atomic mass is 10.3. The molecule has 0 fully saturated rings. The molecule has 0 aliphatic carbocycles. The number of methoxy groups -OCH3 is 1. The van der Waals surface area contributed by atoms with E-state index in [1.165, 1.54) is 7.11 Å². The Morgan fingerprint density at radius 3 is 2.57 bits per heavy atom. The van der Waals surface area contributed by atoms with Crippen molar-refractivity contribution in [3.63, 3.8) is 0 Å². The summed E-state index contributed by atoms with van der Waals surface area (Å²) in [4.78, 5) is -0.353. The van der Waals surface area contributed by atoms with E-state index in [1.54, 1.807) is 0 Å². The number of nitrogens with zero attached hydrogens (tertiary/aromatic N) is 2. The van der Waals surface area contributed by atoms with E-state index >= 15 is 0 Å². The first kappa shape index (κ1) is 19.2. The molecule has 0 atom stereocenters. The minimum absolute atomic E-state index is 0.0229. The average molecular weight is 352 g/mol. The van der Waals surface area contributed by atoms with E-state index in [4.69, 9.17) is 10.00 Å². The number of rotatable bonds is 8. The fourth-order valence-electron chi connectivity index (χ4n) is 1.70. The molecule has 0 aliphatic heterocycles. The van der Waals surface area contributed by atoms with E-state index in [0.717, 1.165) is 28.6 Å². The number of ether oxygens (including phenoxy) is 2. The minimum Gasteiger partial charge on any atom is -0.406 e. The molecule has 0 N–H and O–H groups in total. The summed E-state index contributed by atoms with van der Waals surface area (Å²) in [6.45, 7) is -0.0270. The molecule has 0 bridgehead atoms. The van der Waals surface area contributed by atoms with Crippen molar-refractivity contribution in [2.75, 3.05) is 26.8 Å². The molecule has 0 aliphatic rings. The predicted molar refractivity (Wildman–Crippen MR) is 74.0 cm³/mol. The summed E-state index contributed by atoms with van der Waals surface area (Å²) in [5, 5.41) is 8.60. The molecule has 1 aromatic carbocycles. The summed E-state index contributed by atoms with van der Waals surface area (Å²) in [6, 6.07) is 5.91. The van der Waals surface area contributed by atoms with Crippen LogP contribution in [-0.2, 0) is 14.8 Å². The summed E-state index contributed by atoms with van der Waals surface area (Å²) >= 11 is 0. The van der Waals surface area contributed by atoms with Crippen LogP contribution >= 0.6 is 0 Å². The number of hydrogen-bond donors (Lipinski definition) is 0. The number of alkyl halides is 3. The molecular formula is C13H15F3N2O4S.